The SMILES string of the molecule is O=C(O)c1cc(F)c2ncn(C[C@@H]3CCO3)c2c1. The first-order chi connectivity index (χ1) is 8.65. The Balaban J connectivity index is 2.06. The molecule has 1 N–H and O–H groups in total. The number of halogens is 1. The average molecular weight is 250 g/mol. The van der Waals surface area contributed by atoms with Crippen LogP contribution in [-0.4, -0.2) is 33.3 Å². The monoisotopic (exact) mass is 250 g/mol. The molecule has 0 bridgehead atoms. The van der Waals surface area contributed by atoms with Gasteiger partial charge in [0.25, 0.3) is 0 Å². The molecule has 1 saturated heterocycles. The molecule has 3 rings (SSSR count). The highest BCUT2D eigenvalue weighted by Gasteiger charge is 2.20. The molecular weight excluding hydrogens is 239 g/mol. The predicted molar refractivity (Wildman–Crippen MR) is 61.0 cm³/mol. The summed E-state index contributed by atoms with van der Waals surface area (Å²) in [6, 6.07) is 2.42. The third-order valence-corrected chi connectivity index (χ3v) is 3.12. The van der Waals surface area contributed by atoms with Crippen LogP contribution in [0, 0.1) is 5.82 Å². The van der Waals surface area contributed by atoms with E-state index in [2.05, 4.69) is 4.98 Å². The molecule has 5 nitrogen and oxygen atoms in total. The average Bonchev–Trinajstić information content (AvgIpc) is 2.67. The van der Waals surface area contributed by atoms with Gasteiger partial charge in [-0.15, -0.1) is 0 Å². The summed E-state index contributed by atoms with van der Waals surface area (Å²) in [6.07, 6.45) is 2.58. The number of ether oxygens (including phenoxy) is 1. The first kappa shape index (κ1) is 11.2. The molecule has 1 aliphatic rings. The summed E-state index contributed by atoms with van der Waals surface area (Å²) >= 11 is 0. The van der Waals surface area contributed by atoms with E-state index in [1.807, 2.05) is 0 Å². The highest BCUT2D eigenvalue weighted by molar-refractivity contribution is 5.92. The Kier molecular flexibility index (Phi) is 2.52. The number of benzene rings is 1. The molecule has 0 unspecified atom stereocenters. The molecule has 6 heteroatoms. The van der Waals surface area contributed by atoms with Crippen molar-refractivity contribution >= 4 is 17.0 Å². The predicted octanol–water partition coefficient (Wildman–Crippen LogP) is 1.66. The van der Waals surface area contributed by atoms with Gasteiger partial charge in [-0.1, -0.05) is 0 Å². The minimum atomic E-state index is -1.15. The van der Waals surface area contributed by atoms with E-state index in [9.17, 15) is 9.18 Å². The third kappa shape index (κ3) is 1.74. The molecule has 1 aliphatic heterocycles. The summed E-state index contributed by atoms with van der Waals surface area (Å²) in [7, 11) is 0. The van der Waals surface area contributed by atoms with Crippen molar-refractivity contribution in [3.05, 3.63) is 29.8 Å². The van der Waals surface area contributed by atoms with Crippen LogP contribution < -0.4 is 0 Å². The highest BCUT2D eigenvalue weighted by atomic mass is 19.1. The minimum absolute atomic E-state index is 0.0729. The summed E-state index contributed by atoms with van der Waals surface area (Å²) in [6.45, 7) is 1.31. The van der Waals surface area contributed by atoms with Crippen molar-refractivity contribution in [2.45, 2.75) is 19.1 Å². The zero-order valence-electron chi connectivity index (χ0n) is 9.47. The molecule has 1 aromatic heterocycles. The van der Waals surface area contributed by atoms with E-state index >= 15 is 0 Å². The van der Waals surface area contributed by atoms with E-state index in [-0.39, 0.29) is 17.2 Å². The summed E-state index contributed by atoms with van der Waals surface area (Å²) in [5, 5.41) is 8.92. The van der Waals surface area contributed by atoms with Crippen LogP contribution in [-0.2, 0) is 11.3 Å². The Hall–Kier alpha value is -1.95. The van der Waals surface area contributed by atoms with Gasteiger partial charge in [-0.25, -0.2) is 14.2 Å². The van der Waals surface area contributed by atoms with Crippen LogP contribution >= 0.6 is 0 Å². The number of nitrogens with zero attached hydrogens (tertiary/aromatic N) is 2. The van der Waals surface area contributed by atoms with Crippen LogP contribution in [0.2, 0.25) is 0 Å². The van der Waals surface area contributed by atoms with Crippen LogP contribution in [0.1, 0.15) is 16.8 Å². The Morgan fingerprint density at radius 1 is 1.61 bits per heavy atom. The molecule has 94 valence electrons. The fourth-order valence-corrected chi connectivity index (χ4v) is 2.04. The second-order valence-electron chi connectivity index (χ2n) is 4.31. The number of hydrogen-bond donors (Lipinski definition) is 1. The Labute approximate surface area is 102 Å². The van der Waals surface area contributed by atoms with Crippen molar-refractivity contribution in [2.75, 3.05) is 6.61 Å². The molecule has 1 atom stereocenters. The van der Waals surface area contributed by atoms with Gasteiger partial charge in [-0.05, 0) is 18.6 Å². The number of fused-ring (bicyclic) bond motifs is 1. The van der Waals surface area contributed by atoms with E-state index < -0.39 is 11.8 Å². The van der Waals surface area contributed by atoms with E-state index in [1.54, 1.807) is 4.57 Å². The van der Waals surface area contributed by atoms with Crippen LogP contribution in [0.4, 0.5) is 4.39 Å². The number of imidazole rings is 1. The van der Waals surface area contributed by atoms with Gasteiger partial charge in [0, 0.05) is 6.61 Å². The normalized spacial score (nSPS) is 18.8. The quantitative estimate of drug-likeness (QED) is 0.899. The maximum atomic E-state index is 13.7. The van der Waals surface area contributed by atoms with Crippen molar-refractivity contribution in [2.24, 2.45) is 0 Å². The minimum Gasteiger partial charge on any atom is -0.478 e. The van der Waals surface area contributed by atoms with Gasteiger partial charge < -0.3 is 14.4 Å². The van der Waals surface area contributed by atoms with Crippen LogP contribution in [0.3, 0.4) is 0 Å². The molecule has 0 aliphatic carbocycles. The topological polar surface area (TPSA) is 64.3 Å². The van der Waals surface area contributed by atoms with Crippen molar-refractivity contribution in [1.82, 2.24) is 9.55 Å². The second kappa shape index (κ2) is 4.06. The van der Waals surface area contributed by atoms with E-state index in [1.165, 1.54) is 12.4 Å². The van der Waals surface area contributed by atoms with Crippen molar-refractivity contribution in [1.29, 1.82) is 0 Å². The lowest BCUT2D eigenvalue weighted by atomic mass is 10.1. The fourth-order valence-electron chi connectivity index (χ4n) is 2.04. The van der Waals surface area contributed by atoms with Crippen LogP contribution in [0.15, 0.2) is 18.5 Å². The standard InChI is InChI=1S/C12H11FN2O3/c13-9-3-7(12(16)17)4-10-11(9)14-6-15(10)5-8-1-2-18-8/h3-4,6,8H,1-2,5H2,(H,16,17)/t8-/m0/s1. The summed E-state index contributed by atoms with van der Waals surface area (Å²) in [5.74, 6) is -1.76. The van der Waals surface area contributed by atoms with E-state index in [0.29, 0.717) is 12.1 Å². The molecule has 1 fully saturated rings. The molecule has 2 aromatic rings. The molecule has 0 amide bonds. The number of carboxylic acid groups (broad SMARTS) is 1. The highest BCUT2D eigenvalue weighted by Crippen LogP contribution is 2.21. The van der Waals surface area contributed by atoms with Gasteiger partial charge in [0.2, 0.25) is 0 Å². The van der Waals surface area contributed by atoms with Gasteiger partial charge in [0.15, 0.2) is 5.82 Å². The maximum Gasteiger partial charge on any atom is 0.335 e. The zero-order chi connectivity index (χ0) is 12.7. The number of hydrogen-bond acceptors (Lipinski definition) is 3. The summed E-state index contributed by atoms with van der Waals surface area (Å²) in [4.78, 5) is 14.9. The first-order valence-electron chi connectivity index (χ1n) is 5.64. The van der Waals surface area contributed by atoms with Crippen molar-refractivity contribution < 1.29 is 19.0 Å². The fraction of sp³-hybridized carbons (Fsp3) is 0.333. The largest absolute Gasteiger partial charge is 0.478 e. The van der Waals surface area contributed by atoms with Gasteiger partial charge in [-0.2, -0.15) is 0 Å². The molecule has 0 saturated carbocycles. The molecule has 18 heavy (non-hydrogen) atoms. The number of carboxylic acids is 1. The third-order valence-electron chi connectivity index (χ3n) is 3.12. The van der Waals surface area contributed by atoms with Crippen LogP contribution in [0.5, 0.6) is 0 Å². The maximum absolute atomic E-state index is 13.7. The molecule has 1 aromatic carbocycles. The van der Waals surface area contributed by atoms with Gasteiger partial charge in [0.05, 0.1) is 30.1 Å². The number of aromatic nitrogens is 2. The number of rotatable bonds is 3. The van der Waals surface area contributed by atoms with Crippen molar-refractivity contribution in [3.63, 3.8) is 0 Å². The Morgan fingerprint density at radius 3 is 3.00 bits per heavy atom. The van der Waals surface area contributed by atoms with Crippen LogP contribution in [0.25, 0.3) is 11.0 Å². The van der Waals surface area contributed by atoms with E-state index in [0.717, 1.165) is 19.1 Å². The molecule has 0 spiro atoms. The molecule has 2 heterocycles. The lowest BCUT2D eigenvalue weighted by molar-refractivity contribution is -0.0586. The van der Waals surface area contributed by atoms with Gasteiger partial charge >= 0.3 is 5.97 Å². The smallest absolute Gasteiger partial charge is 0.335 e. The number of aromatic carboxylic acids is 1. The number of carbonyl (C=O) groups is 1. The second-order valence-corrected chi connectivity index (χ2v) is 4.31. The van der Waals surface area contributed by atoms with E-state index in [4.69, 9.17) is 9.84 Å². The first-order valence-corrected chi connectivity index (χ1v) is 5.64. The lowest BCUT2D eigenvalue weighted by Gasteiger charge is -2.26. The van der Waals surface area contributed by atoms with Gasteiger partial charge in [-0.3, -0.25) is 0 Å². The molecule has 0 radical (unpaired) electrons. The Morgan fingerprint density at radius 2 is 2.39 bits per heavy atom. The summed E-state index contributed by atoms with van der Waals surface area (Å²) in [5.41, 5.74) is 0.610. The summed E-state index contributed by atoms with van der Waals surface area (Å²) < 4.78 is 20.7. The molecular formula is C12H11FN2O3. The Bertz CT molecular complexity index is 619. The van der Waals surface area contributed by atoms with Crippen molar-refractivity contribution in [3.8, 4) is 0 Å². The van der Waals surface area contributed by atoms with Gasteiger partial charge in [0.1, 0.15) is 5.52 Å². The lowest BCUT2D eigenvalue weighted by Crippen LogP contribution is -2.30. The zero-order valence-corrected chi connectivity index (χ0v) is 9.47.